The lowest BCUT2D eigenvalue weighted by molar-refractivity contribution is 0.365. The minimum atomic E-state index is 1.04. The van der Waals surface area contributed by atoms with Gasteiger partial charge in [0.15, 0.2) is 0 Å². The average molecular weight is 465 g/mol. The highest BCUT2D eigenvalue weighted by molar-refractivity contribution is 4.62. The van der Waals surface area contributed by atoms with E-state index in [0.29, 0.717) is 0 Å². The van der Waals surface area contributed by atoms with Crippen LogP contribution in [0.5, 0.6) is 0 Å². The monoisotopic (exact) mass is 465 g/mol. The summed E-state index contributed by atoms with van der Waals surface area (Å²) in [7, 11) is 0. The van der Waals surface area contributed by atoms with E-state index in [2.05, 4.69) is 20.8 Å². The van der Waals surface area contributed by atoms with E-state index in [1.54, 1.807) is 0 Å². The zero-order chi connectivity index (χ0) is 24.1. The van der Waals surface area contributed by atoms with Crippen LogP contribution in [0.1, 0.15) is 207 Å². The molecule has 0 N–H and O–H groups in total. The average Bonchev–Trinajstić information content (AvgIpc) is 2.83. The van der Waals surface area contributed by atoms with Gasteiger partial charge >= 0.3 is 0 Å². The normalized spacial score (nSPS) is 12.5. The summed E-state index contributed by atoms with van der Waals surface area (Å²) >= 11 is 0. The van der Waals surface area contributed by atoms with Crippen molar-refractivity contribution in [1.29, 1.82) is 0 Å². The molecular weight excluding hydrogens is 396 g/mol. The Morgan fingerprint density at radius 3 is 0.636 bits per heavy atom. The molecule has 0 amide bonds. The molecule has 33 heavy (non-hydrogen) atoms. The SMILES string of the molecule is CCCCCCCCCCCCC(CCCCCCCCC)CCCCCCCCCCC. The van der Waals surface area contributed by atoms with Gasteiger partial charge in [0.25, 0.3) is 0 Å². The highest BCUT2D eigenvalue weighted by Gasteiger charge is 2.09. The van der Waals surface area contributed by atoms with Crippen molar-refractivity contribution in [3.8, 4) is 0 Å². The molecule has 0 aliphatic carbocycles. The molecule has 1 unspecified atom stereocenters. The van der Waals surface area contributed by atoms with Gasteiger partial charge in [0.1, 0.15) is 0 Å². The highest BCUT2D eigenvalue weighted by atomic mass is 14.1. The molecule has 0 saturated heterocycles. The van der Waals surface area contributed by atoms with Gasteiger partial charge in [-0.25, -0.2) is 0 Å². The standard InChI is InChI=1S/C33H68/c1-4-7-10-13-16-18-20-23-26-29-32-33(30-27-24-21-15-12-9-6-3)31-28-25-22-19-17-14-11-8-5-2/h33H,4-32H2,1-3H3. The Morgan fingerprint density at radius 1 is 0.242 bits per heavy atom. The molecule has 0 aromatic rings. The van der Waals surface area contributed by atoms with Crippen LogP contribution in [0.4, 0.5) is 0 Å². The molecule has 0 aliphatic rings. The van der Waals surface area contributed by atoms with Crippen molar-refractivity contribution in [3.05, 3.63) is 0 Å². The molecule has 0 rings (SSSR count). The Hall–Kier alpha value is 0. The first-order valence-electron chi connectivity index (χ1n) is 16.3. The van der Waals surface area contributed by atoms with Crippen LogP contribution in [0.3, 0.4) is 0 Å². The quantitative estimate of drug-likeness (QED) is 0.0965. The molecule has 0 heteroatoms. The Bertz CT molecular complexity index is 320. The van der Waals surface area contributed by atoms with Crippen molar-refractivity contribution >= 4 is 0 Å². The van der Waals surface area contributed by atoms with E-state index in [1.807, 2.05) is 0 Å². The van der Waals surface area contributed by atoms with E-state index in [9.17, 15) is 0 Å². The van der Waals surface area contributed by atoms with Gasteiger partial charge in [0.2, 0.25) is 0 Å². The van der Waals surface area contributed by atoms with Crippen LogP contribution in [0.2, 0.25) is 0 Å². The zero-order valence-electron chi connectivity index (χ0n) is 24.1. The fraction of sp³-hybridized carbons (Fsp3) is 1.00. The molecule has 0 spiro atoms. The summed E-state index contributed by atoms with van der Waals surface area (Å²) in [5.74, 6) is 1.04. The number of hydrogen-bond donors (Lipinski definition) is 0. The Morgan fingerprint density at radius 2 is 0.424 bits per heavy atom. The lowest BCUT2D eigenvalue weighted by Gasteiger charge is -2.17. The van der Waals surface area contributed by atoms with Crippen LogP contribution < -0.4 is 0 Å². The molecule has 0 saturated carbocycles. The van der Waals surface area contributed by atoms with E-state index < -0.39 is 0 Å². The van der Waals surface area contributed by atoms with Crippen LogP contribution in [0.15, 0.2) is 0 Å². The molecule has 0 bridgehead atoms. The summed E-state index contributed by atoms with van der Waals surface area (Å²) in [6, 6.07) is 0. The van der Waals surface area contributed by atoms with Crippen molar-refractivity contribution in [1.82, 2.24) is 0 Å². The summed E-state index contributed by atoms with van der Waals surface area (Å²) in [5.41, 5.74) is 0. The maximum atomic E-state index is 2.32. The van der Waals surface area contributed by atoms with Crippen LogP contribution in [0.25, 0.3) is 0 Å². The van der Waals surface area contributed by atoms with Gasteiger partial charge in [-0.05, 0) is 5.92 Å². The van der Waals surface area contributed by atoms with Crippen molar-refractivity contribution < 1.29 is 0 Å². The summed E-state index contributed by atoms with van der Waals surface area (Å²) in [6.45, 7) is 6.96. The minimum absolute atomic E-state index is 1.04. The number of unbranched alkanes of at least 4 members (excludes halogenated alkanes) is 23. The second-order valence-corrected chi connectivity index (χ2v) is 11.4. The van der Waals surface area contributed by atoms with Gasteiger partial charge in [-0.3, -0.25) is 0 Å². The first-order chi connectivity index (χ1) is 16.3. The molecule has 0 nitrogen and oxygen atoms in total. The smallest absolute Gasteiger partial charge is 0.0414 e. The van der Waals surface area contributed by atoms with E-state index >= 15 is 0 Å². The maximum Gasteiger partial charge on any atom is -0.0414 e. The van der Waals surface area contributed by atoms with Crippen molar-refractivity contribution in [3.63, 3.8) is 0 Å². The van der Waals surface area contributed by atoms with Gasteiger partial charge in [0, 0.05) is 0 Å². The zero-order valence-corrected chi connectivity index (χ0v) is 24.1. The summed E-state index contributed by atoms with van der Waals surface area (Å²) in [4.78, 5) is 0. The van der Waals surface area contributed by atoms with E-state index in [-0.39, 0.29) is 0 Å². The molecule has 0 aromatic carbocycles. The van der Waals surface area contributed by atoms with Crippen molar-refractivity contribution in [2.75, 3.05) is 0 Å². The van der Waals surface area contributed by atoms with Gasteiger partial charge in [-0.1, -0.05) is 207 Å². The van der Waals surface area contributed by atoms with Gasteiger partial charge in [-0.15, -0.1) is 0 Å². The summed E-state index contributed by atoms with van der Waals surface area (Å²) < 4.78 is 0. The van der Waals surface area contributed by atoms with Gasteiger partial charge in [0.05, 0.1) is 0 Å². The predicted molar refractivity (Wildman–Crippen MR) is 154 cm³/mol. The molecule has 0 heterocycles. The fourth-order valence-electron chi connectivity index (χ4n) is 5.49. The molecule has 1 atom stereocenters. The lowest BCUT2D eigenvalue weighted by Crippen LogP contribution is -2.01. The van der Waals surface area contributed by atoms with Crippen LogP contribution >= 0.6 is 0 Å². The molecular formula is C33H68. The summed E-state index contributed by atoms with van der Waals surface area (Å²) in [5, 5.41) is 0. The highest BCUT2D eigenvalue weighted by Crippen LogP contribution is 2.25. The first-order valence-corrected chi connectivity index (χ1v) is 16.3. The van der Waals surface area contributed by atoms with Crippen molar-refractivity contribution in [2.45, 2.75) is 207 Å². The molecule has 0 radical (unpaired) electrons. The second kappa shape index (κ2) is 30.0. The lowest BCUT2D eigenvalue weighted by atomic mass is 9.89. The molecule has 0 aromatic heterocycles. The number of hydrogen-bond acceptors (Lipinski definition) is 0. The van der Waals surface area contributed by atoms with E-state index in [0.717, 1.165) is 5.92 Å². The second-order valence-electron chi connectivity index (χ2n) is 11.4. The van der Waals surface area contributed by atoms with Crippen molar-refractivity contribution in [2.24, 2.45) is 5.92 Å². The fourth-order valence-corrected chi connectivity index (χ4v) is 5.49. The minimum Gasteiger partial charge on any atom is -0.0654 e. The van der Waals surface area contributed by atoms with E-state index in [4.69, 9.17) is 0 Å². The topological polar surface area (TPSA) is 0 Å². The predicted octanol–water partition coefficient (Wildman–Crippen LogP) is 13.0. The van der Waals surface area contributed by atoms with Gasteiger partial charge < -0.3 is 0 Å². The third-order valence-corrected chi connectivity index (χ3v) is 7.90. The van der Waals surface area contributed by atoms with E-state index in [1.165, 1.54) is 186 Å². The first kappa shape index (κ1) is 33.0. The largest absolute Gasteiger partial charge is 0.0654 e. The Labute approximate surface area is 212 Å². The van der Waals surface area contributed by atoms with Crippen LogP contribution in [0, 0.1) is 5.92 Å². The maximum absolute atomic E-state index is 2.32. The summed E-state index contributed by atoms with van der Waals surface area (Å²) in [6.07, 6.45) is 42.8. The van der Waals surface area contributed by atoms with Crippen LogP contribution in [-0.4, -0.2) is 0 Å². The Balaban J connectivity index is 3.82. The molecule has 0 aliphatic heterocycles. The number of rotatable bonds is 29. The third kappa shape index (κ3) is 28.1. The molecule has 200 valence electrons. The Kier molecular flexibility index (Phi) is 30.0. The van der Waals surface area contributed by atoms with Gasteiger partial charge in [-0.2, -0.15) is 0 Å². The molecule has 0 fully saturated rings. The van der Waals surface area contributed by atoms with Crippen LogP contribution in [-0.2, 0) is 0 Å². The third-order valence-electron chi connectivity index (χ3n) is 7.90.